The van der Waals surface area contributed by atoms with Gasteiger partial charge in [-0.1, -0.05) is 20.8 Å². The normalized spacial score (nSPS) is 12.4. The summed E-state index contributed by atoms with van der Waals surface area (Å²) in [7, 11) is 4.12. The van der Waals surface area contributed by atoms with Gasteiger partial charge in [0.25, 0.3) is 0 Å². The van der Waals surface area contributed by atoms with Gasteiger partial charge in [0.15, 0.2) is 0 Å². The summed E-state index contributed by atoms with van der Waals surface area (Å²) in [5.41, 5.74) is 1.43. The lowest BCUT2D eigenvalue weighted by Gasteiger charge is -2.17. The third-order valence-corrected chi connectivity index (χ3v) is 1.81. The van der Waals surface area contributed by atoms with Gasteiger partial charge in [0.1, 0.15) is 0 Å². The summed E-state index contributed by atoms with van der Waals surface area (Å²) in [5, 5.41) is 4.51. The summed E-state index contributed by atoms with van der Waals surface area (Å²) >= 11 is 0. The molecule has 1 aromatic rings. The maximum Gasteiger partial charge on any atom is 0.0764 e. The highest BCUT2D eigenvalue weighted by Crippen LogP contribution is 2.15. The molecule has 1 aromatic heterocycles. The van der Waals surface area contributed by atoms with Gasteiger partial charge in [-0.25, -0.2) is 0 Å². The largest absolute Gasteiger partial charge is 0.304 e. The second-order valence-electron chi connectivity index (χ2n) is 5.30. The fraction of sp³-hybridized carbons (Fsp3) is 0.727. The third-order valence-electron chi connectivity index (χ3n) is 1.81. The molecule has 14 heavy (non-hydrogen) atoms. The Morgan fingerprint density at radius 1 is 1.36 bits per heavy atom. The van der Waals surface area contributed by atoms with Crippen LogP contribution in [-0.4, -0.2) is 28.8 Å². The maximum atomic E-state index is 4.51. The van der Waals surface area contributed by atoms with Crippen LogP contribution in [0.3, 0.4) is 0 Å². The molecule has 3 heteroatoms. The Hall–Kier alpha value is -0.830. The second-order valence-corrected chi connectivity index (χ2v) is 5.30. The lowest BCUT2D eigenvalue weighted by atomic mass is 9.97. The van der Waals surface area contributed by atoms with Gasteiger partial charge < -0.3 is 4.90 Å². The molecule has 0 unspecified atom stereocenters. The lowest BCUT2D eigenvalue weighted by molar-refractivity contribution is 0.321. The van der Waals surface area contributed by atoms with Gasteiger partial charge in [-0.05, 0) is 25.6 Å². The molecule has 80 valence electrons. The maximum absolute atomic E-state index is 4.51. The van der Waals surface area contributed by atoms with Crippen LogP contribution in [0.2, 0.25) is 0 Å². The van der Waals surface area contributed by atoms with Gasteiger partial charge in [-0.3, -0.25) is 4.68 Å². The Kier molecular flexibility index (Phi) is 3.32. The van der Waals surface area contributed by atoms with Crippen molar-refractivity contribution < 1.29 is 0 Å². The van der Waals surface area contributed by atoms with E-state index < -0.39 is 0 Å². The van der Waals surface area contributed by atoms with Crippen LogP contribution < -0.4 is 0 Å². The van der Waals surface area contributed by atoms with E-state index in [-0.39, 0.29) is 0 Å². The first kappa shape index (κ1) is 11.2. The Morgan fingerprint density at radius 3 is 2.50 bits per heavy atom. The molecule has 0 aromatic carbocycles. The van der Waals surface area contributed by atoms with Gasteiger partial charge in [0.05, 0.1) is 5.69 Å². The molecule has 0 fully saturated rings. The van der Waals surface area contributed by atoms with Crippen LogP contribution in [0, 0.1) is 5.41 Å². The molecule has 0 aliphatic heterocycles. The van der Waals surface area contributed by atoms with Crippen LogP contribution in [-0.2, 0) is 13.1 Å². The lowest BCUT2D eigenvalue weighted by Crippen LogP contribution is -2.17. The smallest absolute Gasteiger partial charge is 0.0764 e. The zero-order valence-corrected chi connectivity index (χ0v) is 9.91. The Morgan fingerprint density at radius 2 is 2.00 bits per heavy atom. The van der Waals surface area contributed by atoms with Crippen molar-refractivity contribution in [2.24, 2.45) is 5.41 Å². The van der Waals surface area contributed by atoms with Crippen molar-refractivity contribution in [3.8, 4) is 0 Å². The van der Waals surface area contributed by atoms with Crippen molar-refractivity contribution in [1.82, 2.24) is 14.7 Å². The number of hydrogen-bond donors (Lipinski definition) is 0. The van der Waals surface area contributed by atoms with Gasteiger partial charge >= 0.3 is 0 Å². The van der Waals surface area contributed by atoms with Crippen LogP contribution in [0.4, 0.5) is 0 Å². The SMILES string of the molecule is CN(C)Cc1ccn(CC(C)(C)C)n1. The molecule has 3 nitrogen and oxygen atoms in total. The molecular formula is C11H21N3. The van der Waals surface area contributed by atoms with Gasteiger partial charge in [0.2, 0.25) is 0 Å². The highest BCUT2D eigenvalue weighted by atomic mass is 15.3. The second kappa shape index (κ2) is 4.13. The van der Waals surface area contributed by atoms with Crippen LogP contribution in [0.25, 0.3) is 0 Å². The van der Waals surface area contributed by atoms with E-state index in [9.17, 15) is 0 Å². The summed E-state index contributed by atoms with van der Waals surface area (Å²) in [6, 6.07) is 2.09. The number of hydrogen-bond acceptors (Lipinski definition) is 2. The van der Waals surface area contributed by atoms with Crippen LogP contribution in [0.5, 0.6) is 0 Å². The van der Waals surface area contributed by atoms with Crippen LogP contribution >= 0.6 is 0 Å². The minimum Gasteiger partial charge on any atom is -0.304 e. The molecule has 0 atom stereocenters. The van der Waals surface area contributed by atoms with Crippen molar-refractivity contribution in [3.05, 3.63) is 18.0 Å². The molecule has 0 aliphatic carbocycles. The van der Waals surface area contributed by atoms with Crippen molar-refractivity contribution in [2.45, 2.75) is 33.9 Å². The van der Waals surface area contributed by atoms with E-state index in [1.54, 1.807) is 0 Å². The number of nitrogens with zero attached hydrogens (tertiary/aromatic N) is 3. The summed E-state index contributed by atoms with van der Waals surface area (Å²) < 4.78 is 2.03. The first-order valence-corrected chi connectivity index (χ1v) is 5.04. The Bertz CT molecular complexity index is 281. The molecule has 0 spiro atoms. The molecular weight excluding hydrogens is 174 g/mol. The zero-order chi connectivity index (χ0) is 10.8. The quantitative estimate of drug-likeness (QED) is 0.735. The van der Waals surface area contributed by atoms with Crippen molar-refractivity contribution in [2.75, 3.05) is 14.1 Å². The van der Waals surface area contributed by atoms with E-state index in [0.717, 1.165) is 18.8 Å². The summed E-state index contributed by atoms with van der Waals surface area (Å²) in [4.78, 5) is 2.13. The molecule has 0 saturated heterocycles. The predicted molar refractivity (Wildman–Crippen MR) is 59.1 cm³/mol. The third kappa shape index (κ3) is 3.92. The fourth-order valence-corrected chi connectivity index (χ4v) is 1.39. The van der Waals surface area contributed by atoms with E-state index >= 15 is 0 Å². The van der Waals surface area contributed by atoms with Crippen LogP contribution in [0.1, 0.15) is 26.5 Å². The fourth-order valence-electron chi connectivity index (χ4n) is 1.39. The van der Waals surface area contributed by atoms with Crippen molar-refractivity contribution in [1.29, 1.82) is 0 Å². The molecule has 0 aliphatic rings. The highest BCUT2D eigenvalue weighted by molar-refractivity contribution is 4.98. The summed E-state index contributed by atoms with van der Waals surface area (Å²) in [6.45, 7) is 8.55. The number of rotatable bonds is 3. The van der Waals surface area contributed by atoms with Gasteiger partial charge in [-0.2, -0.15) is 5.10 Å². The predicted octanol–water partition coefficient (Wildman–Crippen LogP) is 1.99. The number of aromatic nitrogens is 2. The molecule has 1 heterocycles. The molecule has 0 N–H and O–H groups in total. The van der Waals surface area contributed by atoms with Crippen molar-refractivity contribution >= 4 is 0 Å². The molecule has 0 radical (unpaired) electrons. The monoisotopic (exact) mass is 195 g/mol. The van der Waals surface area contributed by atoms with Gasteiger partial charge in [-0.15, -0.1) is 0 Å². The minimum absolute atomic E-state index is 0.293. The van der Waals surface area contributed by atoms with E-state index in [4.69, 9.17) is 0 Å². The van der Waals surface area contributed by atoms with Crippen LogP contribution in [0.15, 0.2) is 12.3 Å². The highest BCUT2D eigenvalue weighted by Gasteiger charge is 2.11. The standard InChI is InChI=1S/C11H21N3/c1-11(2,3)9-14-7-6-10(12-14)8-13(4)5/h6-7H,8-9H2,1-5H3. The molecule has 1 rings (SSSR count). The average Bonchev–Trinajstić information content (AvgIpc) is 2.30. The van der Waals surface area contributed by atoms with Crippen molar-refractivity contribution in [3.63, 3.8) is 0 Å². The molecule has 0 saturated carbocycles. The summed E-state index contributed by atoms with van der Waals surface area (Å²) in [5.74, 6) is 0. The molecule has 0 bridgehead atoms. The minimum atomic E-state index is 0.293. The topological polar surface area (TPSA) is 21.1 Å². The average molecular weight is 195 g/mol. The van der Waals surface area contributed by atoms with E-state index in [2.05, 4.69) is 57.1 Å². The zero-order valence-electron chi connectivity index (χ0n) is 9.91. The Balaban J connectivity index is 2.60. The Labute approximate surface area is 86.7 Å². The summed E-state index contributed by atoms with van der Waals surface area (Å²) in [6.07, 6.45) is 2.06. The van der Waals surface area contributed by atoms with Gasteiger partial charge in [0, 0.05) is 19.3 Å². The van der Waals surface area contributed by atoms with E-state index in [1.807, 2.05) is 4.68 Å². The first-order valence-electron chi connectivity index (χ1n) is 5.04. The first-order chi connectivity index (χ1) is 6.37. The van der Waals surface area contributed by atoms with E-state index in [0.29, 0.717) is 5.41 Å². The van der Waals surface area contributed by atoms with E-state index in [1.165, 1.54) is 0 Å². The molecule has 0 amide bonds.